The molecule has 2 unspecified atom stereocenters. The molecule has 2 N–H and O–H groups in total. The lowest BCUT2D eigenvalue weighted by Crippen LogP contribution is -2.48. The molecule has 1 saturated heterocycles. The van der Waals surface area contributed by atoms with E-state index in [9.17, 15) is 14.6 Å². The van der Waals surface area contributed by atoms with Crippen molar-refractivity contribution in [2.24, 2.45) is 0 Å². The first-order chi connectivity index (χ1) is 15.0. The highest BCUT2D eigenvalue weighted by Crippen LogP contribution is 2.35. The summed E-state index contributed by atoms with van der Waals surface area (Å²) in [5.74, 6) is -0.308. The zero-order valence-electron chi connectivity index (χ0n) is 17.6. The summed E-state index contributed by atoms with van der Waals surface area (Å²) in [6.45, 7) is 1.65. The van der Waals surface area contributed by atoms with Gasteiger partial charge in [-0.3, -0.25) is 4.90 Å². The van der Waals surface area contributed by atoms with Crippen molar-refractivity contribution in [1.29, 1.82) is 0 Å². The van der Waals surface area contributed by atoms with Crippen LogP contribution in [0.1, 0.15) is 55.8 Å². The molecule has 0 radical (unpaired) electrons. The molecule has 0 amide bonds. The maximum absolute atomic E-state index is 13.5. The van der Waals surface area contributed by atoms with Crippen LogP contribution in [0.15, 0.2) is 60.7 Å². The first-order valence-corrected chi connectivity index (χ1v) is 11.4. The molecule has 3 aromatic carbocycles. The minimum Gasteiger partial charge on any atom is -0.388 e. The molecule has 31 heavy (non-hydrogen) atoms. The van der Waals surface area contributed by atoms with E-state index in [0.29, 0.717) is 29.8 Å². The summed E-state index contributed by atoms with van der Waals surface area (Å²) < 4.78 is 13.5. The van der Waals surface area contributed by atoms with Crippen molar-refractivity contribution in [1.82, 2.24) is 4.90 Å². The van der Waals surface area contributed by atoms with Crippen LogP contribution in [0, 0.1) is 5.82 Å². The molecular formula is C26H29ClFNO2. The summed E-state index contributed by atoms with van der Waals surface area (Å²) in [4.78, 5) is 2.11. The summed E-state index contributed by atoms with van der Waals surface area (Å²) in [6.07, 6.45) is 4.32. The SMILES string of the molecule is OC(CCCC(O)(c1ccc(F)cc1)N1CCCCC1)c1ccc2cc(Cl)ccc2c1. The van der Waals surface area contributed by atoms with Gasteiger partial charge in [0.2, 0.25) is 0 Å². The lowest BCUT2D eigenvalue weighted by molar-refractivity contribution is -0.131. The van der Waals surface area contributed by atoms with Crippen LogP contribution >= 0.6 is 11.6 Å². The molecule has 0 spiro atoms. The van der Waals surface area contributed by atoms with E-state index < -0.39 is 11.8 Å². The van der Waals surface area contributed by atoms with Gasteiger partial charge in [-0.05, 0) is 84.3 Å². The molecule has 2 atom stereocenters. The van der Waals surface area contributed by atoms with Gasteiger partial charge in [0.15, 0.2) is 0 Å². The zero-order valence-corrected chi connectivity index (χ0v) is 18.4. The van der Waals surface area contributed by atoms with Gasteiger partial charge in [-0.15, -0.1) is 0 Å². The third-order valence-corrected chi connectivity index (χ3v) is 6.63. The van der Waals surface area contributed by atoms with Gasteiger partial charge in [-0.25, -0.2) is 4.39 Å². The monoisotopic (exact) mass is 441 g/mol. The molecule has 0 aromatic heterocycles. The summed E-state index contributed by atoms with van der Waals surface area (Å²) in [5.41, 5.74) is 0.430. The average molecular weight is 442 g/mol. The Morgan fingerprint density at radius 3 is 2.35 bits per heavy atom. The van der Waals surface area contributed by atoms with Gasteiger partial charge >= 0.3 is 0 Å². The number of likely N-dealkylation sites (tertiary alicyclic amines) is 1. The van der Waals surface area contributed by atoms with Crippen molar-refractivity contribution in [2.45, 2.75) is 50.4 Å². The Hall–Kier alpha value is -1.98. The van der Waals surface area contributed by atoms with Crippen LogP contribution in [-0.2, 0) is 5.72 Å². The second-order valence-corrected chi connectivity index (χ2v) is 8.97. The fourth-order valence-electron chi connectivity index (χ4n) is 4.62. The predicted molar refractivity (Wildman–Crippen MR) is 123 cm³/mol. The van der Waals surface area contributed by atoms with Gasteiger partial charge in [0.1, 0.15) is 11.5 Å². The van der Waals surface area contributed by atoms with E-state index in [2.05, 4.69) is 4.90 Å². The largest absolute Gasteiger partial charge is 0.388 e. The summed E-state index contributed by atoms with van der Waals surface area (Å²) in [7, 11) is 0. The van der Waals surface area contributed by atoms with E-state index in [1.807, 2.05) is 36.4 Å². The Labute approximate surface area is 188 Å². The number of fused-ring (bicyclic) bond motifs is 1. The van der Waals surface area contributed by atoms with Gasteiger partial charge < -0.3 is 10.2 Å². The Kier molecular flexibility index (Phi) is 6.92. The lowest BCUT2D eigenvalue weighted by atomic mass is 9.91. The first-order valence-electron chi connectivity index (χ1n) is 11.1. The normalized spacial score (nSPS) is 18.1. The highest BCUT2D eigenvalue weighted by molar-refractivity contribution is 6.31. The van der Waals surface area contributed by atoms with E-state index in [-0.39, 0.29) is 5.82 Å². The summed E-state index contributed by atoms with van der Waals surface area (Å²) in [6, 6.07) is 17.8. The average Bonchev–Trinajstić information content (AvgIpc) is 2.79. The third-order valence-electron chi connectivity index (χ3n) is 6.40. The number of aliphatic hydroxyl groups excluding tert-OH is 1. The molecule has 1 aliphatic rings. The van der Waals surface area contributed by atoms with Crippen LogP contribution in [-0.4, -0.2) is 28.2 Å². The molecular weight excluding hydrogens is 413 g/mol. The smallest absolute Gasteiger partial charge is 0.144 e. The van der Waals surface area contributed by atoms with E-state index in [1.165, 1.54) is 18.6 Å². The van der Waals surface area contributed by atoms with Gasteiger partial charge in [0, 0.05) is 18.1 Å². The number of piperidine rings is 1. The van der Waals surface area contributed by atoms with Crippen LogP contribution in [0.5, 0.6) is 0 Å². The Bertz CT molecular complexity index is 1020. The minimum absolute atomic E-state index is 0.308. The number of hydrogen-bond donors (Lipinski definition) is 2. The maximum atomic E-state index is 13.5. The molecule has 4 rings (SSSR count). The number of rotatable bonds is 7. The Morgan fingerprint density at radius 2 is 1.61 bits per heavy atom. The molecule has 5 heteroatoms. The number of nitrogens with zero attached hydrogens (tertiary/aromatic N) is 1. The summed E-state index contributed by atoms with van der Waals surface area (Å²) >= 11 is 6.06. The van der Waals surface area contributed by atoms with Gasteiger partial charge in [0.05, 0.1) is 6.10 Å². The van der Waals surface area contributed by atoms with E-state index in [4.69, 9.17) is 11.6 Å². The Morgan fingerprint density at radius 1 is 0.935 bits per heavy atom. The fourth-order valence-corrected chi connectivity index (χ4v) is 4.80. The minimum atomic E-state index is -1.14. The van der Waals surface area contributed by atoms with Gasteiger partial charge in [-0.1, -0.05) is 48.4 Å². The molecule has 1 aliphatic heterocycles. The third kappa shape index (κ3) is 5.09. The first kappa shape index (κ1) is 22.2. The van der Waals surface area contributed by atoms with E-state index in [0.717, 1.165) is 42.3 Å². The van der Waals surface area contributed by atoms with E-state index >= 15 is 0 Å². The van der Waals surface area contributed by atoms with Crippen LogP contribution in [0.2, 0.25) is 5.02 Å². The van der Waals surface area contributed by atoms with Crippen molar-refractivity contribution in [2.75, 3.05) is 13.1 Å². The van der Waals surface area contributed by atoms with Crippen LogP contribution < -0.4 is 0 Å². The standard InChI is InChI=1S/C26H29ClFNO2/c27-23-11-8-19-17-21(7-6-20(19)18-23)25(30)5-4-14-26(31,29-15-2-1-3-16-29)22-9-12-24(28)13-10-22/h6-13,17-18,25,30-31H,1-5,14-16H2. The predicted octanol–water partition coefficient (Wildman–Crippen LogP) is 6.17. The topological polar surface area (TPSA) is 43.7 Å². The number of halogens is 2. The second-order valence-electron chi connectivity index (χ2n) is 8.53. The van der Waals surface area contributed by atoms with Crippen molar-refractivity contribution >= 4 is 22.4 Å². The molecule has 164 valence electrons. The molecule has 0 aliphatic carbocycles. The maximum Gasteiger partial charge on any atom is 0.144 e. The number of hydrogen-bond acceptors (Lipinski definition) is 3. The molecule has 1 heterocycles. The van der Waals surface area contributed by atoms with Crippen molar-refractivity contribution in [3.05, 3.63) is 82.6 Å². The quantitative estimate of drug-likeness (QED) is 0.461. The molecule has 0 saturated carbocycles. The Balaban J connectivity index is 1.46. The van der Waals surface area contributed by atoms with Gasteiger partial charge in [-0.2, -0.15) is 0 Å². The fraction of sp³-hybridized carbons (Fsp3) is 0.385. The number of aliphatic hydroxyl groups is 2. The highest BCUT2D eigenvalue weighted by atomic mass is 35.5. The zero-order chi connectivity index (χ0) is 21.8. The highest BCUT2D eigenvalue weighted by Gasteiger charge is 2.36. The van der Waals surface area contributed by atoms with Crippen molar-refractivity contribution in [3.8, 4) is 0 Å². The molecule has 0 bridgehead atoms. The summed E-state index contributed by atoms with van der Waals surface area (Å²) in [5, 5.41) is 25.2. The number of benzene rings is 3. The van der Waals surface area contributed by atoms with Crippen LogP contribution in [0.3, 0.4) is 0 Å². The van der Waals surface area contributed by atoms with Crippen molar-refractivity contribution < 1.29 is 14.6 Å². The van der Waals surface area contributed by atoms with Crippen molar-refractivity contribution in [3.63, 3.8) is 0 Å². The van der Waals surface area contributed by atoms with Crippen LogP contribution in [0.25, 0.3) is 10.8 Å². The van der Waals surface area contributed by atoms with E-state index in [1.54, 1.807) is 12.1 Å². The molecule has 3 nitrogen and oxygen atoms in total. The second kappa shape index (κ2) is 9.66. The molecule has 1 fully saturated rings. The lowest BCUT2D eigenvalue weighted by Gasteiger charge is -2.42. The van der Waals surface area contributed by atoms with Gasteiger partial charge in [0.25, 0.3) is 0 Å². The molecule has 3 aromatic rings. The van der Waals surface area contributed by atoms with Crippen LogP contribution in [0.4, 0.5) is 4.39 Å².